The highest BCUT2D eigenvalue weighted by molar-refractivity contribution is 4.78. The molecule has 15 heavy (non-hydrogen) atoms. The Morgan fingerprint density at radius 3 is 2.53 bits per heavy atom. The van der Waals surface area contributed by atoms with Crippen molar-refractivity contribution >= 4 is 0 Å². The maximum absolute atomic E-state index is 5.70. The SMILES string of the molecule is CCOCCCNC1C[C@@H](C)O[C@H](C)C1. The molecule has 1 heterocycles. The van der Waals surface area contributed by atoms with Gasteiger partial charge in [-0.1, -0.05) is 0 Å². The minimum atomic E-state index is 0.401. The van der Waals surface area contributed by atoms with Gasteiger partial charge in [-0.2, -0.15) is 0 Å². The predicted octanol–water partition coefficient (Wildman–Crippen LogP) is 1.96. The summed E-state index contributed by atoms with van der Waals surface area (Å²) in [6, 6.07) is 0.630. The van der Waals surface area contributed by atoms with E-state index in [0.717, 1.165) is 39.0 Å². The minimum Gasteiger partial charge on any atom is -0.382 e. The fraction of sp³-hybridized carbons (Fsp3) is 1.00. The number of hydrogen-bond acceptors (Lipinski definition) is 3. The van der Waals surface area contributed by atoms with Gasteiger partial charge in [0.15, 0.2) is 0 Å². The van der Waals surface area contributed by atoms with Gasteiger partial charge >= 0.3 is 0 Å². The van der Waals surface area contributed by atoms with Crippen LogP contribution in [0.1, 0.15) is 40.0 Å². The molecule has 0 bridgehead atoms. The van der Waals surface area contributed by atoms with Crippen LogP contribution in [0.5, 0.6) is 0 Å². The second-order valence-corrected chi connectivity index (χ2v) is 4.43. The van der Waals surface area contributed by atoms with Crippen LogP contribution in [0.3, 0.4) is 0 Å². The lowest BCUT2D eigenvalue weighted by atomic mass is 10.00. The molecule has 3 heteroatoms. The lowest BCUT2D eigenvalue weighted by Crippen LogP contribution is -2.41. The second kappa shape index (κ2) is 7.20. The molecule has 1 aliphatic heterocycles. The highest BCUT2D eigenvalue weighted by Gasteiger charge is 2.23. The molecule has 0 radical (unpaired) electrons. The van der Waals surface area contributed by atoms with Gasteiger partial charge in [0.25, 0.3) is 0 Å². The van der Waals surface area contributed by atoms with E-state index in [-0.39, 0.29) is 0 Å². The molecule has 0 amide bonds. The molecular weight excluding hydrogens is 190 g/mol. The normalized spacial score (nSPS) is 31.8. The third-order valence-electron chi connectivity index (χ3n) is 2.80. The van der Waals surface area contributed by atoms with Crippen molar-refractivity contribution in [2.45, 2.75) is 58.3 Å². The molecule has 0 aromatic heterocycles. The summed E-state index contributed by atoms with van der Waals surface area (Å²) in [5.74, 6) is 0. The largest absolute Gasteiger partial charge is 0.382 e. The zero-order valence-corrected chi connectivity index (χ0v) is 10.3. The Morgan fingerprint density at radius 2 is 1.93 bits per heavy atom. The van der Waals surface area contributed by atoms with E-state index in [0.29, 0.717) is 18.2 Å². The van der Waals surface area contributed by atoms with Gasteiger partial charge in [-0.3, -0.25) is 0 Å². The zero-order chi connectivity index (χ0) is 11.1. The predicted molar refractivity (Wildman–Crippen MR) is 62.1 cm³/mol. The van der Waals surface area contributed by atoms with Crippen LogP contribution in [0.4, 0.5) is 0 Å². The first-order chi connectivity index (χ1) is 7.22. The summed E-state index contributed by atoms with van der Waals surface area (Å²) in [6.45, 7) is 9.11. The molecule has 1 N–H and O–H groups in total. The molecule has 1 fully saturated rings. The van der Waals surface area contributed by atoms with Gasteiger partial charge in [0.1, 0.15) is 0 Å². The molecular formula is C12H25NO2. The first-order valence-corrected chi connectivity index (χ1v) is 6.19. The average molecular weight is 215 g/mol. The molecule has 0 aromatic rings. The van der Waals surface area contributed by atoms with E-state index in [9.17, 15) is 0 Å². The second-order valence-electron chi connectivity index (χ2n) is 4.43. The van der Waals surface area contributed by atoms with E-state index in [1.807, 2.05) is 6.92 Å². The Balaban J connectivity index is 2.04. The van der Waals surface area contributed by atoms with Gasteiger partial charge in [-0.15, -0.1) is 0 Å². The Labute approximate surface area is 93.5 Å². The van der Waals surface area contributed by atoms with Crippen molar-refractivity contribution in [2.75, 3.05) is 19.8 Å². The fourth-order valence-electron chi connectivity index (χ4n) is 2.20. The van der Waals surface area contributed by atoms with Crippen molar-refractivity contribution in [3.8, 4) is 0 Å². The highest BCUT2D eigenvalue weighted by Crippen LogP contribution is 2.18. The molecule has 1 aliphatic rings. The van der Waals surface area contributed by atoms with Crippen molar-refractivity contribution in [1.82, 2.24) is 5.32 Å². The van der Waals surface area contributed by atoms with Crippen LogP contribution in [0.2, 0.25) is 0 Å². The molecule has 0 spiro atoms. The van der Waals surface area contributed by atoms with Gasteiger partial charge in [0.05, 0.1) is 12.2 Å². The van der Waals surface area contributed by atoms with Crippen molar-refractivity contribution in [3.63, 3.8) is 0 Å². The van der Waals surface area contributed by atoms with E-state index in [2.05, 4.69) is 19.2 Å². The summed E-state index contributed by atoms with van der Waals surface area (Å²) in [5.41, 5.74) is 0. The standard InChI is InChI=1S/C12H25NO2/c1-4-14-7-5-6-13-12-8-10(2)15-11(3)9-12/h10-13H,4-9H2,1-3H3/t10-,11-/m1/s1. The highest BCUT2D eigenvalue weighted by atomic mass is 16.5. The molecule has 2 atom stereocenters. The number of rotatable bonds is 6. The summed E-state index contributed by atoms with van der Waals surface area (Å²) in [5, 5.41) is 3.58. The lowest BCUT2D eigenvalue weighted by molar-refractivity contribution is -0.0421. The Bertz CT molecular complexity index is 154. The van der Waals surface area contributed by atoms with Crippen LogP contribution in [0.25, 0.3) is 0 Å². The van der Waals surface area contributed by atoms with Gasteiger partial charge in [0.2, 0.25) is 0 Å². The summed E-state index contributed by atoms with van der Waals surface area (Å²) in [7, 11) is 0. The summed E-state index contributed by atoms with van der Waals surface area (Å²) < 4.78 is 11.0. The van der Waals surface area contributed by atoms with Crippen LogP contribution in [0.15, 0.2) is 0 Å². The van der Waals surface area contributed by atoms with Gasteiger partial charge in [-0.25, -0.2) is 0 Å². The van der Waals surface area contributed by atoms with Crippen LogP contribution in [0, 0.1) is 0 Å². The third-order valence-corrected chi connectivity index (χ3v) is 2.80. The molecule has 0 saturated carbocycles. The van der Waals surface area contributed by atoms with Crippen LogP contribution >= 0.6 is 0 Å². The Morgan fingerprint density at radius 1 is 1.27 bits per heavy atom. The minimum absolute atomic E-state index is 0.401. The van der Waals surface area contributed by atoms with E-state index < -0.39 is 0 Å². The molecule has 0 aliphatic carbocycles. The van der Waals surface area contributed by atoms with Crippen molar-refractivity contribution in [1.29, 1.82) is 0 Å². The molecule has 1 rings (SSSR count). The Kier molecular flexibility index (Phi) is 6.22. The van der Waals surface area contributed by atoms with Crippen molar-refractivity contribution in [3.05, 3.63) is 0 Å². The quantitative estimate of drug-likeness (QED) is 0.687. The van der Waals surface area contributed by atoms with Crippen LogP contribution < -0.4 is 5.32 Å². The van der Waals surface area contributed by atoms with Crippen molar-refractivity contribution < 1.29 is 9.47 Å². The maximum atomic E-state index is 5.70. The van der Waals surface area contributed by atoms with Crippen molar-refractivity contribution in [2.24, 2.45) is 0 Å². The number of nitrogens with one attached hydrogen (secondary N) is 1. The van der Waals surface area contributed by atoms with E-state index in [1.165, 1.54) is 0 Å². The molecule has 1 saturated heterocycles. The fourth-order valence-corrected chi connectivity index (χ4v) is 2.20. The average Bonchev–Trinajstić information content (AvgIpc) is 2.16. The topological polar surface area (TPSA) is 30.5 Å². The van der Waals surface area contributed by atoms with Gasteiger partial charge < -0.3 is 14.8 Å². The van der Waals surface area contributed by atoms with Gasteiger partial charge in [0, 0.05) is 19.3 Å². The first kappa shape index (κ1) is 12.9. The van der Waals surface area contributed by atoms with Crippen LogP contribution in [-0.4, -0.2) is 38.0 Å². The third kappa shape index (κ3) is 5.50. The molecule has 0 unspecified atom stereocenters. The van der Waals surface area contributed by atoms with E-state index >= 15 is 0 Å². The number of ether oxygens (including phenoxy) is 2. The molecule has 90 valence electrons. The zero-order valence-electron chi connectivity index (χ0n) is 10.3. The lowest BCUT2D eigenvalue weighted by Gasteiger charge is -2.32. The summed E-state index contributed by atoms with van der Waals surface area (Å²) >= 11 is 0. The monoisotopic (exact) mass is 215 g/mol. The van der Waals surface area contributed by atoms with Gasteiger partial charge in [-0.05, 0) is 46.6 Å². The smallest absolute Gasteiger partial charge is 0.0565 e. The van der Waals surface area contributed by atoms with E-state index in [4.69, 9.17) is 9.47 Å². The number of hydrogen-bond donors (Lipinski definition) is 1. The first-order valence-electron chi connectivity index (χ1n) is 6.19. The summed E-state index contributed by atoms with van der Waals surface area (Å²) in [4.78, 5) is 0. The summed E-state index contributed by atoms with van der Waals surface area (Å²) in [6.07, 6.45) is 4.18. The molecule has 3 nitrogen and oxygen atoms in total. The van der Waals surface area contributed by atoms with E-state index in [1.54, 1.807) is 0 Å². The van der Waals surface area contributed by atoms with Crippen LogP contribution in [-0.2, 0) is 9.47 Å². The maximum Gasteiger partial charge on any atom is 0.0565 e. The Hall–Kier alpha value is -0.120. The molecule has 0 aromatic carbocycles.